The van der Waals surface area contributed by atoms with Crippen molar-refractivity contribution < 1.29 is 9.53 Å². The average Bonchev–Trinajstić information content (AvgIpc) is 2.41. The largest absolute Gasteiger partial charge is 0.383 e. The van der Waals surface area contributed by atoms with Gasteiger partial charge in [0.1, 0.15) is 0 Å². The van der Waals surface area contributed by atoms with Gasteiger partial charge in [-0.05, 0) is 18.1 Å². The summed E-state index contributed by atoms with van der Waals surface area (Å²) < 4.78 is 5.07. The van der Waals surface area contributed by atoms with Gasteiger partial charge in [0, 0.05) is 25.1 Å². The molecule has 4 heteroatoms. The third kappa shape index (κ3) is 6.64. The summed E-state index contributed by atoms with van der Waals surface area (Å²) in [5, 5.41) is 0. The first kappa shape index (κ1) is 16.1. The summed E-state index contributed by atoms with van der Waals surface area (Å²) in [5.74, 6) is 1.14. The highest BCUT2D eigenvalue weighted by molar-refractivity contribution is 8.00. The first-order valence-electron chi connectivity index (χ1n) is 6.58. The first-order valence-corrected chi connectivity index (χ1v) is 7.56. The van der Waals surface area contributed by atoms with E-state index in [9.17, 15) is 4.79 Å². The molecule has 0 spiro atoms. The minimum absolute atomic E-state index is 0.180. The van der Waals surface area contributed by atoms with Gasteiger partial charge in [-0.15, -0.1) is 11.8 Å². The number of carbonyl (C=O) groups excluding carboxylic acids is 1. The molecule has 0 fully saturated rings. The van der Waals surface area contributed by atoms with Crippen molar-refractivity contribution in [2.24, 2.45) is 5.92 Å². The van der Waals surface area contributed by atoms with Crippen molar-refractivity contribution in [3.63, 3.8) is 0 Å². The molecular weight excluding hydrogens is 258 g/mol. The van der Waals surface area contributed by atoms with Gasteiger partial charge in [-0.25, -0.2) is 0 Å². The molecule has 0 heterocycles. The number of amides is 1. The lowest BCUT2D eigenvalue weighted by Gasteiger charge is -2.24. The average molecular weight is 281 g/mol. The van der Waals surface area contributed by atoms with Crippen LogP contribution < -0.4 is 0 Å². The number of benzene rings is 1. The van der Waals surface area contributed by atoms with Crippen molar-refractivity contribution in [1.82, 2.24) is 4.90 Å². The van der Waals surface area contributed by atoms with Gasteiger partial charge in [0.25, 0.3) is 0 Å². The van der Waals surface area contributed by atoms with Crippen LogP contribution in [0.25, 0.3) is 0 Å². The van der Waals surface area contributed by atoms with E-state index in [1.165, 1.54) is 0 Å². The number of methoxy groups -OCH3 is 1. The maximum atomic E-state index is 12.2. The molecule has 0 N–H and O–H groups in total. The van der Waals surface area contributed by atoms with E-state index in [0.29, 0.717) is 24.8 Å². The SMILES string of the molecule is COCCN(CC(C)C)C(=O)CSc1ccccc1. The van der Waals surface area contributed by atoms with Crippen LogP contribution >= 0.6 is 11.8 Å². The molecule has 1 amide bonds. The fourth-order valence-corrected chi connectivity index (χ4v) is 2.54. The van der Waals surface area contributed by atoms with E-state index in [4.69, 9.17) is 4.74 Å². The summed E-state index contributed by atoms with van der Waals surface area (Å²) in [6.07, 6.45) is 0. The summed E-state index contributed by atoms with van der Waals surface area (Å²) in [6.45, 7) is 6.30. The van der Waals surface area contributed by atoms with Crippen molar-refractivity contribution in [1.29, 1.82) is 0 Å². The molecule has 0 atom stereocenters. The molecular formula is C15H23NO2S. The van der Waals surface area contributed by atoms with Gasteiger partial charge >= 0.3 is 0 Å². The van der Waals surface area contributed by atoms with Crippen LogP contribution in [0.1, 0.15) is 13.8 Å². The Hall–Kier alpha value is -1.00. The Labute approximate surface area is 120 Å². The maximum Gasteiger partial charge on any atom is 0.233 e. The minimum Gasteiger partial charge on any atom is -0.383 e. The maximum absolute atomic E-state index is 12.2. The highest BCUT2D eigenvalue weighted by atomic mass is 32.2. The van der Waals surface area contributed by atoms with E-state index in [2.05, 4.69) is 13.8 Å². The zero-order chi connectivity index (χ0) is 14.1. The zero-order valence-electron chi connectivity index (χ0n) is 12.0. The number of hydrogen-bond acceptors (Lipinski definition) is 3. The molecule has 0 aliphatic rings. The summed E-state index contributed by atoms with van der Waals surface area (Å²) in [5.41, 5.74) is 0. The molecule has 0 bridgehead atoms. The molecule has 1 aromatic rings. The van der Waals surface area contributed by atoms with E-state index in [1.807, 2.05) is 35.2 Å². The van der Waals surface area contributed by atoms with Crippen molar-refractivity contribution in [2.45, 2.75) is 18.7 Å². The molecule has 0 radical (unpaired) electrons. The van der Waals surface area contributed by atoms with Crippen LogP contribution in [0.5, 0.6) is 0 Å². The highest BCUT2D eigenvalue weighted by Crippen LogP contribution is 2.17. The predicted molar refractivity (Wildman–Crippen MR) is 80.5 cm³/mol. The highest BCUT2D eigenvalue weighted by Gasteiger charge is 2.14. The van der Waals surface area contributed by atoms with Gasteiger partial charge in [0.2, 0.25) is 5.91 Å². The second-order valence-corrected chi connectivity index (χ2v) is 5.88. The zero-order valence-corrected chi connectivity index (χ0v) is 12.8. The van der Waals surface area contributed by atoms with Gasteiger partial charge < -0.3 is 9.64 Å². The lowest BCUT2D eigenvalue weighted by atomic mass is 10.2. The molecule has 0 saturated heterocycles. The molecule has 0 unspecified atom stereocenters. The number of thioether (sulfide) groups is 1. The molecule has 1 aromatic carbocycles. The van der Waals surface area contributed by atoms with Gasteiger partial charge in [0.05, 0.1) is 12.4 Å². The molecule has 1 rings (SSSR count). The van der Waals surface area contributed by atoms with Gasteiger partial charge in [-0.2, -0.15) is 0 Å². The Bertz CT molecular complexity index is 368. The summed E-state index contributed by atoms with van der Waals surface area (Å²) in [7, 11) is 1.66. The van der Waals surface area contributed by atoms with Gasteiger partial charge in [-0.1, -0.05) is 32.0 Å². The van der Waals surface area contributed by atoms with Crippen LogP contribution in [-0.4, -0.2) is 43.4 Å². The molecule has 106 valence electrons. The fourth-order valence-electron chi connectivity index (χ4n) is 1.71. The van der Waals surface area contributed by atoms with Crippen molar-refractivity contribution >= 4 is 17.7 Å². The number of nitrogens with zero attached hydrogens (tertiary/aromatic N) is 1. The van der Waals surface area contributed by atoms with Crippen LogP contribution in [0.4, 0.5) is 0 Å². The second kappa shape index (κ2) is 8.99. The lowest BCUT2D eigenvalue weighted by Crippen LogP contribution is -2.37. The Morgan fingerprint density at radius 2 is 2.00 bits per heavy atom. The molecule has 0 aromatic heterocycles. The summed E-state index contributed by atoms with van der Waals surface area (Å²) >= 11 is 1.59. The number of carbonyl (C=O) groups is 1. The molecule has 0 aliphatic heterocycles. The van der Waals surface area contributed by atoms with Crippen molar-refractivity contribution in [2.75, 3.05) is 32.6 Å². The fraction of sp³-hybridized carbons (Fsp3) is 0.533. The van der Waals surface area contributed by atoms with Crippen LogP contribution in [0.2, 0.25) is 0 Å². The molecule has 3 nitrogen and oxygen atoms in total. The first-order chi connectivity index (χ1) is 9.13. The van der Waals surface area contributed by atoms with E-state index in [0.717, 1.165) is 11.4 Å². The standard InChI is InChI=1S/C15H23NO2S/c1-13(2)11-16(9-10-18-3)15(17)12-19-14-7-5-4-6-8-14/h4-8,13H,9-12H2,1-3H3. The minimum atomic E-state index is 0.180. The summed E-state index contributed by atoms with van der Waals surface area (Å²) in [4.78, 5) is 15.2. The quantitative estimate of drug-likeness (QED) is 0.686. The van der Waals surface area contributed by atoms with E-state index in [-0.39, 0.29) is 5.91 Å². The van der Waals surface area contributed by atoms with Crippen LogP contribution in [0.3, 0.4) is 0 Å². The van der Waals surface area contributed by atoms with Crippen LogP contribution in [0, 0.1) is 5.92 Å². The topological polar surface area (TPSA) is 29.5 Å². The predicted octanol–water partition coefficient (Wildman–Crippen LogP) is 2.91. The Morgan fingerprint density at radius 3 is 2.58 bits per heavy atom. The Morgan fingerprint density at radius 1 is 1.32 bits per heavy atom. The van der Waals surface area contributed by atoms with Crippen LogP contribution in [-0.2, 0) is 9.53 Å². The molecule has 0 aliphatic carbocycles. The number of ether oxygens (including phenoxy) is 1. The van der Waals surface area contributed by atoms with Crippen molar-refractivity contribution in [3.8, 4) is 0 Å². The Kier molecular flexibility index (Phi) is 7.60. The summed E-state index contributed by atoms with van der Waals surface area (Å²) in [6, 6.07) is 10.0. The van der Waals surface area contributed by atoms with Gasteiger partial charge in [-0.3, -0.25) is 4.79 Å². The van der Waals surface area contributed by atoms with Gasteiger partial charge in [0.15, 0.2) is 0 Å². The second-order valence-electron chi connectivity index (χ2n) is 4.83. The van der Waals surface area contributed by atoms with E-state index in [1.54, 1.807) is 18.9 Å². The monoisotopic (exact) mass is 281 g/mol. The number of hydrogen-bond donors (Lipinski definition) is 0. The molecule has 0 saturated carbocycles. The van der Waals surface area contributed by atoms with E-state index >= 15 is 0 Å². The lowest BCUT2D eigenvalue weighted by molar-refractivity contribution is -0.129. The van der Waals surface area contributed by atoms with Crippen molar-refractivity contribution in [3.05, 3.63) is 30.3 Å². The number of rotatable bonds is 8. The normalized spacial score (nSPS) is 10.7. The third-order valence-corrected chi connectivity index (χ3v) is 3.61. The molecule has 19 heavy (non-hydrogen) atoms. The van der Waals surface area contributed by atoms with E-state index < -0.39 is 0 Å². The third-order valence-electron chi connectivity index (χ3n) is 2.61. The smallest absolute Gasteiger partial charge is 0.233 e. The van der Waals surface area contributed by atoms with Crippen LogP contribution in [0.15, 0.2) is 35.2 Å². The Balaban J connectivity index is 2.46.